The second kappa shape index (κ2) is 8.37. The molecule has 0 aliphatic rings. The number of carbonyl (C=O) groups excluding carboxylic acids is 2. The van der Waals surface area contributed by atoms with E-state index in [-0.39, 0.29) is 16.4 Å². The van der Waals surface area contributed by atoms with Gasteiger partial charge in [0.25, 0.3) is 0 Å². The fraction of sp³-hybridized carbons (Fsp3) is 0.0476. The first-order chi connectivity index (χ1) is 13.5. The number of Topliss-reactive ketones (excluding diaryl/α,β-unsaturated/α-hetero) is 1. The summed E-state index contributed by atoms with van der Waals surface area (Å²) in [5, 5.41) is 11.2. The minimum atomic E-state index is -0.554. The number of thiazole rings is 1. The molecule has 1 aromatic heterocycles. The van der Waals surface area contributed by atoms with E-state index < -0.39 is 17.5 Å². The number of ketones is 1. The number of benzene rings is 2. The number of allylic oxidation sites excluding steroid dienone is 1. The van der Waals surface area contributed by atoms with Gasteiger partial charge in [0.2, 0.25) is 11.7 Å². The maximum atomic E-state index is 14.1. The van der Waals surface area contributed by atoms with Crippen molar-refractivity contribution in [1.29, 1.82) is 5.26 Å². The molecule has 0 N–H and O–H groups in total. The van der Waals surface area contributed by atoms with Crippen LogP contribution in [-0.2, 0) is 4.79 Å². The van der Waals surface area contributed by atoms with Gasteiger partial charge >= 0.3 is 0 Å². The van der Waals surface area contributed by atoms with Crippen LogP contribution in [0.25, 0.3) is 6.08 Å². The minimum absolute atomic E-state index is 0.0803. The van der Waals surface area contributed by atoms with Gasteiger partial charge in [-0.1, -0.05) is 42.5 Å². The minimum Gasteiger partial charge on any atom is -0.288 e. The van der Waals surface area contributed by atoms with Crippen LogP contribution in [0.5, 0.6) is 0 Å². The van der Waals surface area contributed by atoms with Gasteiger partial charge < -0.3 is 0 Å². The molecular weight excluding hydrogens is 377 g/mol. The summed E-state index contributed by atoms with van der Waals surface area (Å²) in [6.45, 7) is 1.31. The first kappa shape index (κ1) is 19.1. The number of nitrogens with zero attached hydrogens (tertiary/aromatic N) is 3. The SMILES string of the molecule is CC(=O)N(c1nc(/C=C(\C#N)C(=O)c2ccccc2)cs1)c1ccccc1F. The number of anilines is 2. The van der Waals surface area contributed by atoms with E-state index in [1.54, 1.807) is 41.8 Å². The van der Waals surface area contributed by atoms with Gasteiger partial charge in [0.15, 0.2) is 5.13 Å². The maximum absolute atomic E-state index is 14.1. The molecule has 0 unspecified atom stereocenters. The lowest BCUT2D eigenvalue weighted by Gasteiger charge is -2.18. The zero-order valence-corrected chi connectivity index (χ0v) is 15.6. The highest BCUT2D eigenvalue weighted by molar-refractivity contribution is 7.14. The normalized spacial score (nSPS) is 11.0. The highest BCUT2D eigenvalue weighted by Crippen LogP contribution is 2.31. The largest absolute Gasteiger partial charge is 0.288 e. The van der Waals surface area contributed by atoms with Crippen LogP contribution in [0.2, 0.25) is 0 Å². The van der Waals surface area contributed by atoms with Gasteiger partial charge in [0, 0.05) is 17.9 Å². The molecule has 0 saturated carbocycles. The molecule has 7 heteroatoms. The van der Waals surface area contributed by atoms with Gasteiger partial charge in [-0.2, -0.15) is 5.26 Å². The highest BCUT2D eigenvalue weighted by atomic mass is 32.1. The third-order valence-electron chi connectivity index (χ3n) is 3.80. The summed E-state index contributed by atoms with van der Waals surface area (Å²) >= 11 is 1.11. The standard InChI is InChI=1S/C21H14FN3O2S/c1-14(26)25(19-10-6-5-9-18(19)22)21-24-17(13-28-21)11-16(12-23)20(27)15-7-3-2-4-8-15/h2-11,13H,1H3/b16-11+. The van der Waals surface area contributed by atoms with Crippen molar-refractivity contribution in [2.24, 2.45) is 0 Å². The lowest BCUT2D eigenvalue weighted by molar-refractivity contribution is -0.115. The number of nitriles is 1. The van der Waals surface area contributed by atoms with Gasteiger partial charge in [0.05, 0.1) is 11.4 Å². The quantitative estimate of drug-likeness (QED) is 0.357. The Hall–Kier alpha value is -3.63. The molecule has 5 nitrogen and oxygen atoms in total. The molecule has 3 aromatic rings. The zero-order chi connectivity index (χ0) is 20.1. The summed E-state index contributed by atoms with van der Waals surface area (Å²) in [5.74, 6) is -1.38. The number of halogens is 1. The van der Waals surface area contributed by atoms with Crippen LogP contribution in [-0.4, -0.2) is 16.7 Å². The van der Waals surface area contributed by atoms with Crippen molar-refractivity contribution in [1.82, 2.24) is 4.98 Å². The Morgan fingerprint density at radius 3 is 2.46 bits per heavy atom. The Balaban J connectivity index is 1.95. The number of carbonyl (C=O) groups is 2. The lowest BCUT2D eigenvalue weighted by atomic mass is 10.0. The molecule has 0 atom stereocenters. The van der Waals surface area contributed by atoms with E-state index in [2.05, 4.69) is 4.98 Å². The summed E-state index contributed by atoms with van der Waals surface area (Å²) < 4.78 is 14.1. The van der Waals surface area contributed by atoms with Crippen LogP contribution in [0, 0.1) is 17.1 Å². The Kier molecular flexibility index (Phi) is 5.72. The maximum Gasteiger partial charge on any atom is 0.230 e. The van der Waals surface area contributed by atoms with Crippen LogP contribution >= 0.6 is 11.3 Å². The fourth-order valence-electron chi connectivity index (χ4n) is 2.53. The Morgan fingerprint density at radius 2 is 1.82 bits per heavy atom. The van der Waals surface area contributed by atoms with Crippen molar-refractivity contribution in [2.45, 2.75) is 6.92 Å². The number of para-hydroxylation sites is 1. The number of hydrogen-bond acceptors (Lipinski definition) is 5. The molecule has 138 valence electrons. The number of aromatic nitrogens is 1. The van der Waals surface area contributed by atoms with Crippen molar-refractivity contribution < 1.29 is 14.0 Å². The molecule has 0 spiro atoms. The number of hydrogen-bond donors (Lipinski definition) is 0. The van der Waals surface area contributed by atoms with E-state index in [0.717, 1.165) is 16.2 Å². The average Bonchev–Trinajstić information content (AvgIpc) is 3.15. The molecule has 2 aromatic carbocycles. The molecule has 0 fully saturated rings. The van der Waals surface area contributed by atoms with Gasteiger partial charge in [0.1, 0.15) is 17.5 Å². The molecule has 1 amide bonds. The van der Waals surface area contributed by atoms with E-state index in [4.69, 9.17) is 0 Å². The van der Waals surface area contributed by atoms with Gasteiger partial charge in [-0.05, 0) is 18.2 Å². The van der Waals surface area contributed by atoms with E-state index in [0.29, 0.717) is 11.3 Å². The second-order valence-corrected chi connectivity index (χ2v) is 6.56. The summed E-state index contributed by atoms with van der Waals surface area (Å²) in [5.41, 5.74) is 0.731. The predicted octanol–water partition coefficient (Wildman–Crippen LogP) is 4.76. The first-order valence-corrected chi connectivity index (χ1v) is 9.11. The highest BCUT2D eigenvalue weighted by Gasteiger charge is 2.21. The van der Waals surface area contributed by atoms with E-state index in [1.807, 2.05) is 6.07 Å². The first-order valence-electron chi connectivity index (χ1n) is 8.23. The van der Waals surface area contributed by atoms with Crippen LogP contribution in [0.15, 0.2) is 65.6 Å². The van der Waals surface area contributed by atoms with Crippen LogP contribution in [0.4, 0.5) is 15.2 Å². The van der Waals surface area contributed by atoms with Crippen molar-refractivity contribution in [2.75, 3.05) is 4.90 Å². The third-order valence-corrected chi connectivity index (χ3v) is 4.65. The smallest absolute Gasteiger partial charge is 0.230 e. The van der Waals surface area contributed by atoms with Crippen molar-refractivity contribution in [3.63, 3.8) is 0 Å². The summed E-state index contributed by atoms with van der Waals surface area (Å²) in [6.07, 6.45) is 1.36. The molecule has 0 radical (unpaired) electrons. The molecule has 1 heterocycles. The average molecular weight is 391 g/mol. The molecular formula is C21H14FN3O2S. The fourth-order valence-corrected chi connectivity index (χ4v) is 3.36. The van der Waals surface area contributed by atoms with Gasteiger partial charge in [-0.3, -0.25) is 14.5 Å². The van der Waals surface area contributed by atoms with Crippen molar-refractivity contribution >= 4 is 39.9 Å². The number of amides is 1. The van der Waals surface area contributed by atoms with Gasteiger partial charge in [-0.15, -0.1) is 11.3 Å². The summed E-state index contributed by atoms with van der Waals surface area (Å²) in [4.78, 5) is 30.0. The third kappa shape index (κ3) is 4.03. The molecule has 0 aliphatic heterocycles. The molecule has 0 bridgehead atoms. The van der Waals surface area contributed by atoms with Crippen LogP contribution in [0.1, 0.15) is 23.0 Å². The molecule has 28 heavy (non-hydrogen) atoms. The topological polar surface area (TPSA) is 74.1 Å². The predicted molar refractivity (Wildman–Crippen MR) is 106 cm³/mol. The summed E-state index contributed by atoms with van der Waals surface area (Å²) in [6, 6.07) is 16.2. The van der Waals surface area contributed by atoms with Crippen molar-refractivity contribution in [3.05, 3.63) is 82.6 Å². The lowest BCUT2D eigenvalue weighted by Crippen LogP contribution is -2.23. The molecule has 0 saturated heterocycles. The zero-order valence-electron chi connectivity index (χ0n) is 14.8. The second-order valence-electron chi connectivity index (χ2n) is 5.73. The molecule has 3 rings (SSSR count). The van der Waals surface area contributed by atoms with E-state index in [1.165, 1.54) is 31.2 Å². The monoisotopic (exact) mass is 391 g/mol. The summed E-state index contributed by atoms with van der Waals surface area (Å²) in [7, 11) is 0. The van der Waals surface area contributed by atoms with Crippen LogP contribution in [0.3, 0.4) is 0 Å². The van der Waals surface area contributed by atoms with Crippen molar-refractivity contribution in [3.8, 4) is 6.07 Å². The number of rotatable bonds is 5. The van der Waals surface area contributed by atoms with E-state index >= 15 is 0 Å². The molecule has 0 aliphatic carbocycles. The Bertz CT molecular complexity index is 1100. The Labute approximate surface area is 165 Å². The van der Waals surface area contributed by atoms with Crippen LogP contribution < -0.4 is 4.90 Å². The van der Waals surface area contributed by atoms with E-state index in [9.17, 15) is 19.2 Å². The Morgan fingerprint density at radius 1 is 1.14 bits per heavy atom. The van der Waals surface area contributed by atoms with Gasteiger partial charge in [-0.25, -0.2) is 9.37 Å².